The van der Waals surface area contributed by atoms with Crippen LogP contribution in [0.2, 0.25) is 0 Å². The largest absolute Gasteiger partial charge is 0.468 e. The first-order valence-electron chi connectivity index (χ1n) is 8.57. The Balaban J connectivity index is 1.83. The molecule has 0 saturated carbocycles. The second kappa shape index (κ2) is 8.30. The first-order valence-corrected chi connectivity index (χ1v) is 8.57. The molecule has 2 heterocycles. The molecule has 7 nitrogen and oxygen atoms in total. The number of pyridine rings is 2. The lowest BCUT2D eigenvalue weighted by atomic mass is 10.0. The van der Waals surface area contributed by atoms with E-state index in [2.05, 4.69) is 15.0 Å². The molecule has 0 aliphatic heterocycles. The van der Waals surface area contributed by atoms with Gasteiger partial charge in [0.15, 0.2) is 0 Å². The van der Waals surface area contributed by atoms with Crippen LogP contribution >= 0.6 is 0 Å². The Morgan fingerprint density at radius 2 is 2.00 bits per heavy atom. The van der Waals surface area contributed by atoms with Crippen molar-refractivity contribution < 1.29 is 14.3 Å². The number of aromatic nitrogens is 2. The third kappa shape index (κ3) is 4.32. The summed E-state index contributed by atoms with van der Waals surface area (Å²) in [7, 11) is 1.25. The van der Waals surface area contributed by atoms with Crippen molar-refractivity contribution in [2.45, 2.75) is 13.5 Å². The van der Waals surface area contributed by atoms with Crippen LogP contribution in [0.1, 0.15) is 15.9 Å². The lowest BCUT2D eigenvalue weighted by molar-refractivity contribution is -0.141. The second-order valence-electron chi connectivity index (χ2n) is 6.19. The van der Waals surface area contributed by atoms with Crippen molar-refractivity contribution in [3.8, 4) is 11.1 Å². The van der Waals surface area contributed by atoms with Gasteiger partial charge in [0.2, 0.25) is 0 Å². The molecule has 0 aliphatic rings. The Bertz CT molecular complexity index is 1090. The molecule has 1 aromatic carbocycles. The average Bonchev–Trinajstić information content (AvgIpc) is 2.70. The average molecular weight is 377 g/mol. The molecule has 0 unspecified atom stereocenters. The van der Waals surface area contributed by atoms with Crippen LogP contribution in [0, 0.1) is 6.92 Å². The molecule has 2 aromatic heterocycles. The van der Waals surface area contributed by atoms with Crippen molar-refractivity contribution in [3.05, 3.63) is 82.5 Å². The third-order valence-corrected chi connectivity index (χ3v) is 4.24. The van der Waals surface area contributed by atoms with Gasteiger partial charge in [0.05, 0.1) is 12.8 Å². The van der Waals surface area contributed by atoms with Crippen molar-refractivity contribution >= 4 is 17.6 Å². The van der Waals surface area contributed by atoms with Crippen LogP contribution < -0.4 is 10.9 Å². The van der Waals surface area contributed by atoms with Crippen LogP contribution in [0.5, 0.6) is 0 Å². The number of nitrogens with one attached hydrogen (secondary N) is 1. The lowest BCUT2D eigenvalue weighted by Crippen LogP contribution is -2.24. The van der Waals surface area contributed by atoms with E-state index < -0.39 is 5.97 Å². The molecular weight excluding hydrogens is 358 g/mol. The summed E-state index contributed by atoms with van der Waals surface area (Å²) < 4.78 is 5.75. The minimum atomic E-state index is -0.551. The van der Waals surface area contributed by atoms with E-state index >= 15 is 0 Å². The van der Waals surface area contributed by atoms with Gasteiger partial charge in [-0.15, -0.1) is 0 Å². The van der Waals surface area contributed by atoms with Gasteiger partial charge in [-0.05, 0) is 42.3 Å². The summed E-state index contributed by atoms with van der Waals surface area (Å²) in [5, 5.41) is 2.74. The van der Waals surface area contributed by atoms with Gasteiger partial charge < -0.3 is 14.6 Å². The van der Waals surface area contributed by atoms with E-state index in [1.807, 2.05) is 19.1 Å². The van der Waals surface area contributed by atoms with Gasteiger partial charge >= 0.3 is 5.97 Å². The number of nitrogens with zero attached hydrogens (tertiary/aromatic N) is 2. The highest BCUT2D eigenvalue weighted by molar-refractivity contribution is 6.04. The summed E-state index contributed by atoms with van der Waals surface area (Å²) in [5.41, 5.74) is 3.39. The Hall–Kier alpha value is -3.74. The molecule has 7 heteroatoms. The molecule has 3 rings (SSSR count). The quantitative estimate of drug-likeness (QED) is 0.691. The molecule has 0 aliphatic carbocycles. The van der Waals surface area contributed by atoms with E-state index in [0.717, 1.165) is 16.7 Å². The smallest absolute Gasteiger partial charge is 0.325 e. The number of hydrogen-bond donors (Lipinski definition) is 1. The first-order chi connectivity index (χ1) is 13.5. The summed E-state index contributed by atoms with van der Waals surface area (Å²) in [6.07, 6.45) is 4.89. The van der Waals surface area contributed by atoms with Gasteiger partial charge in [-0.1, -0.05) is 12.1 Å². The van der Waals surface area contributed by atoms with Gasteiger partial charge in [-0.25, -0.2) is 0 Å². The Kier molecular flexibility index (Phi) is 5.64. The summed E-state index contributed by atoms with van der Waals surface area (Å²) in [6, 6.07) is 11.9. The summed E-state index contributed by atoms with van der Waals surface area (Å²) in [4.78, 5) is 40.1. The second-order valence-corrected chi connectivity index (χ2v) is 6.19. The maximum Gasteiger partial charge on any atom is 0.325 e. The molecule has 28 heavy (non-hydrogen) atoms. The fraction of sp³-hybridized carbons (Fsp3) is 0.143. The zero-order chi connectivity index (χ0) is 20.1. The van der Waals surface area contributed by atoms with Crippen LogP contribution in [-0.2, 0) is 16.1 Å². The lowest BCUT2D eigenvalue weighted by Gasteiger charge is -2.10. The number of ether oxygens (including phenoxy) is 1. The number of hydrogen-bond acceptors (Lipinski definition) is 5. The number of rotatable bonds is 5. The predicted molar refractivity (Wildman–Crippen MR) is 105 cm³/mol. The van der Waals surface area contributed by atoms with Crippen LogP contribution in [0.3, 0.4) is 0 Å². The molecule has 0 bridgehead atoms. The number of carbonyl (C=O) groups excluding carboxylic acids is 2. The van der Waals surface area contributed by atoms with Gasteiger partial charge in [-0.2, -0.15) is 0 Å². The monoisotopic (exact) mass is 377 g/mol. The van der Waals surface area contributed by atoms with Gasteiger partial charge in [0, 0.05) is 35.8 Å². The Labute approximate surface area is 161 Å². The summed E-state index contributed by atoms with van der Waals surface area (Å²) in [5.74, 6) is -0.878. The highest BCUT2D eigenvalue weighted by Crippen LogP contribution is 2.23. The van der Waals surface area contributed by atoms with E-state index in [4.69, 9.17) is 0 Å². The van der Waals surface area contributed by atoms with Crippen molar-refractivity contribution in [3.63, 3.8) is 0 Å². The fourth-order valence-corrected chi connectivity index (χ4v) is 2.73. The summed E-state index contributed by atoms with van der Waals surface area (Å²) >= 11 is 0. The molecule has 3 aromatic rings. The van der Waals surface area contributed by atoms with Crippen LogP contribution in [0.25, 0.3) is 11.1 Å². The van der Waals surface area contributed by atoms with Gasteiger partial charge in [0.1, 0.15) is 6.54 Å². The number of anilines is 1. The third-order valence-electron chi connectivity index (χ3n) is 4.24. The van der Waals surface area contributed by atoms with E-state index in [-0.39, 0.29) is 18.0 Å². The maximum atomic E-state index is 12.7. The van der Waals surface area contributed by atoms with Crippen LogP contribution in [0.15, 0.2) is 65.8 Å². The first kappa shape index (κ1) is 19.0. The van der Waals surface area contributed by atoms with Crippen molar-refractivity contribution in [1.29, 1.82) is 0 Å². The minimum absolute atomic E-state index is 0.227. The zero-order valence-corrected chi connectivity index (χ0v) is 15.5. The van der Waals surface area contributed by atoms with E-state index in [1.165, 1.54) is 30.0 Å². The predicted octanol–water partition coefficient (Wildman–Crippen LogP) is 2.64. The fourth-order valence-electron chi connectivity index (χ4n) is 2.73. The maximum absolute atomic E-state index is 12.7. The molecule has 1 N–H and O–H groups in total. The van der Waals surface area contributed by atoms with E-state index in [0.29, 0.717) is 11.3 Å². The van der Waals surface area contributed by atoms with Crippen molar-refractivity contribution in [2.75, 3.05) is 12.4 Å². The van der Waals surface area contributed by atoms with Crippen LogP contribution in [0.4, 0.5) is 5.69 Å². The molecule has 0 atom stereocenters. The van der Waals surface area contributed by atoms with Gasteiger partial charge in [0.25, 0.3) is 11.5 Å². The molecule has 0 saturated heterocycles. The SMILES string of the molecule is COC(=O)Cn1cc(NC(=O)c2cccc(-c3cnccc3C)c2)ccc1=O. The topological polar surface area (TPSA) is 90.3 Å². The number of amides is 1. The molecular formula is C21H19N3O4. The van der Waals surface area contributed by atoms with E-state index in [1.54, 1.807) is 30.6 Å². The number of methoxy groups -OCH3 is 1. The zero-order valence-electron chi connectivity index (χ0n) is 15.5. The molecule has 1 amide bonds. The van der Waals surface area contributed by atoms with E-state index in [9.17, 15) is 14.4 Å². The highest BCUT2D eigenvalue weighted by atomic mass is 16.5. The normalized spacial score (nSPS) is 10.4. The van der Waals surface area contributed by atoms with Crippen LogP contribution in [-0.4, -0.2) is 28.5 Å². The summed E-state index contributed by atoms with van der Waals surface area (Å²) in [6.45, 7) is 1.75. The number of aryl methyl sites for hydroxylation is 1. The Morgan fingerprint density at radius 1 is 1.18 bits per heavy atom. The minimum Gasteiger partial charge on any atom is -0.468 e. The molecule has 142 valence electrons. The highest BCUT2D eigenvalue weighted by Gasteiger charge is 2.11. The Morgan fingerprint density at radius 3 is 2.75 bits per heavy atom. The van der Waals surface area contributed by atoms with Gasteiger partial charge in [-0.3, -0.25) is 19.4 Å². The molecule has 0 spiro atoms. The molecule has 0 radical (unpaired) electrons. The van der Waals surface area contributed by atoms with Crippen molar-refractivity contribution in [1.82, 2.24) is 9.55 Å². The number of benzene rings is 1. The van der Waals surface area contributed by atoms with Crippen molar-refractivity contribution in [2.24, 2.45) is 0 Å². The number of esters is 1. The molecule has 0 fully saturated rings. The number of carbonyl (C=O) groups is 2. The standard InChI is InChI=1S/C21H19N3O4/c1-14-8-9-22-11-18(14)15-4-3-5-16(10-15)21(27)23-17-6-7-19(25)24(12-17)13-20(26)28-2/h3-12H,13H2,1-2H3,(H,23,27).